The van der Waals surface area contributed by atoms with Gasteiger partial charge in [-0.2, -0.15) is 5.10 Å². The Morgan fingerprint density at radius 1 is 1.35 bits per heavy atom. The normalized spacial score (nSPS) is 15.9. The van der Waals surface area contributed by atoms with E-state index >= 15 is 0 Å². The second kappa shape index (κ2) is 7.37. The lowest BCUT2D eigenvalue weighted by molar-refractivity contribution is -0.124. The summed E-state index contributed by atoms with van der Waals surface area (Å²) < 4.78 is 1.57. The van der Waals surface area contributed by atoms with Gasteiger partial charge in [-0.25, -0.2) is 9.67 Å². The molecule has 0 saturated carbocycles. The average Bonchev–Trinajstić information content (AvgIpc) is 3.12. The molecule has 23 heavy (non-hydrogen) atoms. The third kappa shape index (κ3) is 3.96. The number of hydrogen-bond acceptors (Lipinski definition) is 4. The van der Waals surface area contributed by atoms with Gasteiger partial charge in [-0.3, -0.25) is 9.69 Å². The summed E-state index contributed by atoms with van der Waals surface area (Å²) in [6.07, 6.45) is 5.08. The third-order valence-electron chi connectivity index (χ3n) is 4.37. The first-order valence-electron chi connectivity index (χ1n) is 8.15. The van der Waals surface area contributed by atoms with Crippen LogP contribution < -0.4 is 5.32 Å². The van der Waals surface area contributed by atoms with Crippen LogP contribution in [-0.4, -0.2) is 45.2 Å². The maximum absolute atomic E-state index is 12.0. The first-order chi connectivity index (χ1) is 11.2. The van der Waals surface area contributed by atoms with Gasteiger partial charge < -0.3 is 5.32 Å². The van der Waals surface area contributed by atoms with E-state index in [-0.39, 0.29) is 11.9 Å². The Labute approximate surface area is 136 Å². The van der Waals surface area contributed by atoms with Crippen molar-refractivity contribution in [2.45, 2.75) is 32.4 Å². The Morgan fingerprint density at radius 3 is 2.96 bits per heavy atom. The second-order valence-electron chi connectivity index (χ2n) is 5.99. The molecule has 1 N–H and O–H groups in total. The highest BCUT2D eigenvalue weighted by molar-refractivity contribution is 5.79. The number of amides is 1. The van der Waals surface area contributed by atoms with Crippen molar-refractivity contribution in [3.05, 3.63) is 48.0 Å². The fourth-order valence-electron chi connectivity index (χ4n) is 2.94. The molecule has 0 bridgehead atoms. The van der Waals surface area contributed by atoms with Gasteiger partial charge in [-0.15, -0.1) is 0 Å². The molecule has 1 aliphatic rings. The van der Waals surface area contributed by atoms with Crippen LogP contribution in [0.15, 0.2) is 36.9 Å². The fraction of sp³-hybridized carbons (Fsp3) is 0.471. The zero-order valence-electron chi connectivity index (χ0n) is 13.5. The molecule has 1 aliphatic heterocycles. The number of hydrogen-bond donors (Lipinski definition) is 1. The number of fused-ring (bicyclic) bond motifs is 1. The highest BCUT2D eigenvalue weighted by Gasteiger charge is 2.16. The summed E-state index contributed by atoms with van der Waals surface area (Å²) in [4.78, 5) is 18.4. The van der Waals surface area contributed by atoms with Crippen LogP contribution in [0.25, 0.3) is 0 Å². The molecule has 1 aromatic heterocycles. The highest BCUT2D eigenvalue weighted by atomic mass is 16.2. The van der Waals surface area contributed by atoms with Crippen molar-refractivity contribution in [1.29, 1.82) is 0 Å². The number of aromatic nitrogens is 3. The molecule has 2 aromatic rings. The van der Waals surface area contributed by atoms with Crippen LogP contribution in [0.4, 0.5) is 0 Å². The van der Waals surface area contributed by atoms with Crippen molar-refractivity contribution in [2.75, 3.05) is 19.6 Å². The van der Waals surface area contributed by atoms with Crippen molar-refractivity contribution in [3.8, 4) is 0 Å². The Balaban J connectivity index is 1.38. The van der Waals surface area contributed by atoms with E-state index in [0.717, 1.165) is 32.5 Å². The predicted octanol–water partition coefficient (Wildman–Crippen LogP) is 1.40. The van der Waals surface area contributed by atoms with E-state index in [1.807, 2.05) is 6.92 Å². The average molecular weight is 313 g/mol. The largest absolute Gasteiger partial charge is 0.354 e. The van der Waals surface area contributed by atoms with Gasteiger partial charge in [0.2, 0.25) is 5.91 Å². The van der Waals surface area contributed by atoms with Gasteiger partial charge >= 0.3 is 0 Å². The second-order valence-corrected chi connectivity index (χ2v) is 5.99. The first-order valence-corrected chi connectivity index (χ1v) is 8.15. The topological polar surface area (TPSA) is 63.1 Å². The minimum Gasteiger partial charge on any atom is -0.354 e. The van der Waals surface area contributed by atoms with Gasteiger partial charge in [0.1, 0.15) is 18.7 Å². The molecule has 0 fully saturated rings. The Bertz CT molecular complexity index is 640. The molecular formula is C17H23N5O. The van der Waals surface area contributed by atoms with Gasteiger partial charge in [-0.05, 0) is 30.9 Å². The minimum atomic E-state index is -0.320. The predicted molar refractivity (Wildman–Crippen MR) is 87.8 cm³/mol. The third-order valence-corrected chi connectivity index (χ3v) is 4.37. The standard InChI is InChI=1S/C17H23N5O/c1-14(22-13-18-12-20-22)17(23)19-8-4-9-21-10-7-15-5-2-3-6-16(15)11-21/h2-3,5-6,12-14H,4,7-11H2,1H3,(H,19,23). The molecule has 2 heterocycles. The molecule has 0 radical (unpaired) electrons. The van der Waals surface area contributed by atoms with Crippen molar-refractivity contribution in [3.63, 3.8) is 0 Å². The van der Waals surface area contributed by atoms with Crippen LogP contribution >= 0.6 is 0 Å². The van der Waals surface area contributed by atoms with E-state index in [9.17, 15) is 4.79 Å². The van der Waals surface area contributed by atoms with Crippen LogP contribution in [0.1, 0.15) is 30.5 Å². The monoisotopic (exact) mass is 313 g/mol. The molecule has 122 valence electrons. The molecule has 1 unspecified atom stereocenters. The summed E-state index contributed by atoms with van der Waals surface area (Å²) in [5.41, 5.74) is 2.90. The molecule has 1 aromatic carbocycles. The number of benzene rings is 1. The van der Waals surface area contributed by atoms with E-state index in [0.29, 0.717) is 6.54 Å². The number of rotatable bonds is 6. The van der Waals surface area contributed by atoms with E-state index in [1.165, 1.54) is 17.5 Å². The fourth-order valence-corrected chi connectivity index (χ4v) is 2.94. The maximum Gasteiger partial charge on any atom is 0.244 e. The zero-order valence-corrected chi connectivity index (χ0v) is 13.5. The molecular weight excluding hydrogens is 290 g/mol. The number of nitrogens with zero attached hydrogens (tertiary/aromatic N) is 4. The van der Waals surface area contributed by atoms with Gasteiger partial charge in [0.25, 0.3) is 0 Å². The Kier molecular flexibility index (Phi) is 5.02. The molecule has 6 heteroatoms. The summed E-state index contributed by atoms with van der Waals surface area (Å²) in [7, 11) is 0. The van der Waals surface area contributed by atoms with E-state index in [1.54, 1.807) is 11.0 Å². The number of carbonyl (C=O) groups excluding carboxylic acids is 1. The van der Waals surface area contributed by atoms with Crippen molar-refractivity contribution in [2.24, 2.45) is 0 Å². The van der Waals surface area contributed by atoms with E-state index in [2.05, 4.69) is 44.6 Å². The molecule has 6 nitrogen and oxygen atoms in total. The maximum atomic E-state index is 12.0. The van der Waals surface area contributed by atoms with Gasteiger partial charge in [0, 0.05) is 26.2 Å². The Hall–Kier alpha value is -2.21. The van der Waals surface area contributed by atoms with Gasteiger partial charge in [0.05, 0.1) is 0 Å². The molecule has 3 rings (SSSR count). The number of nitrogens with one attached hydrogen (secondary N) is 1. The summed E-state index contributed by atoms with van der Waals surface area (Å²) in [6.45, 7) is 5.63. The molecule has 1 amide bonds. The highest BCUT2D eigenvalue weighted by Crippen LogP contribution is 2.18. The van der Waals surface area contributed by atoms with Crippen LogP contribution in [0.2, 0.25) is 0 Å². The molecule has 0 saturated heterocycles. The van der Waals surface area contributed by atoms with Gasteiger partial charge in [-0.1, -0.05) is 24.3 Å². The zero-order chi connectivity index (χ0) is 16.1. The summed E-state index contributed by atoms with van der Waals surface area (Å²) in [5, 5.41) is 6.97. The van der Waals surface area contributed by atoms with Crippen molar-refractivity contribution >= 4 is 5.91 Å². The molecule has 1 atom stereocenters. The van der Waals surface area contributed by atoms with Crippen LogP contribution in [-0.2, 0) is 17.8 Å². The Morgan fingerprint density at radius 2 is 2.17 bits per heavy atom. The SMILES string of the molecule is CC(C(=O)NCCCN1CCc2ccccc2C1)n1cncn1. The van der Waals surface area contributed by atoms with Gasteiger partial charge in [0.15, 0.2) is 0 Å². The molecule has 0 spiro atoms. The smallest absolute Gasteiger partial charge is 0.244 e. The van der Waals surface area contributed by atoms with Crippen LogP contribution in [0, 0.1) is 0 Å². The summed E-state index contributed by atoms with van der Waals surface area (Å²) in [5.74, 6) is -0.0144. The lowest BCUT2D eigenvalue weighted by atomic mass is 10.00. The summed E-state index contributed by atoms with van der Waals surface area (Å²) >= 11 is 0. The first kappa shape index (κ1) is 15.7. The van der Waals surface area contributed by atoms with Crippen LogP contribution in [0.3, 0.4) is 0 Å². The number of carbonyl (C=O) groups is 1. The van der Waals surface area contributed by atoms with Crippen molar-refractivity contribution < 1.29 is 4.79 Å². The van der Waals surface area contributed by atoms with Crippen LogP contribution in [0.5, 0.6) is 0 Å². The van der Waals surface area contributed by atoms with E-state index in [4.69, 9.17) is 0 Å². The summed E-state index contributed by atoms with van der Waals surface area (Å²) in [6, 6.07) is 8.33. The quantitative estimate of drug-likeness (QED) is 0.819. The lowest BCUT2D eigenvalue weighted by Crippen LogP contribution is -2.35. The van der Waals surface area contributed by atoms with Crippen molar-refractivity contribution in [1.82, 2.24) is 25.0 Å². The van der Waals surface area contributed by atoms with E-state index < -0.39 is 0 Å². The molecule has 0 aliphatic carbocycles. The minimum absolute atomic E-state index is 0.0144. The lowest BCUT2D eigenvalue weighted by Gasteiger charge is -2.28.